The first kappa shape index (κ1) is 18.0. The zero-order valence-electron chi connectivity index (χ0n) is 11.8. The quantitative estimate of drug-likeness (QED) is 0.712. The smallest absolute Gasteiger partial charge is 0.380 e. The molecule has 0 unspecified atom stereocenters. The molecular weight excluding hydrogens is 351 g/mol. The summed E-state index contributed by atoms with van der Waals surface area (Å²) in [6, 6.07) is 3.06. The number of benzene rings is 1. The van der Waals surface area contributed by atoms with E-state index in [4.69, 9.17) is 4.74 Å². The van der Waals surface area contributed by atoms with Crippen LogP contribution in [-0.2, 0) is 10.9 Å². The van der Waals surface area contributed by atoms with Crippen LogP contribution in [0, 0.1) is 0 Å². The molecule has 1 amide bonds. The van der Waals surface area contributed by atoms with Gasteiger partial charge in [-0.1, -0.05) is 0 Å². The van der Waals surface area contributed by atoms with E-state index in [1.165, 1.54) is 11.0 Å². The molecule has 1 rings (SSSR count). The zero-order valence-corrected chi connectivity index (χ0v) is 13.4. The van der Waals surface area contributed by atoms with E-state index < -0.39 is 17.6 Å². The third-order valence-corrected chi connectivity index (χ3v) is 3.59. The average Bonchev–Trinajstić information content (AvgIpc) is 2.42. The van der Waals surface area contributed by atoms with Crippen LogP contribution >= 0.6 is 15.9 Å². The van der Waals surface area contributed by atoms with E-state index in [9.17, 15) is 18.0 Å². The lowest BCUT2D eigenvalue weighted by atomic mass is 10.1. The van der Waals surface area contributed by atoms with Gasteiger partial charge in [0.1, 0.15) is 0 Å². The van der Waals surface area contributed by atoms with Crippen molar-refractivity contribution in [1.29, 1.82) is 0 Å². The highest BCUT2D eigenvalue weighted by Gasteiger charge is 2.32. The molecule has 0 aliphatic rings. The van der Waals surface area contributed by atoms with Crippen LogP contribution < -0.4 is 0 Å². The molecule has 0 saturated heterocycles. The molecule has 0 aliphatic heterocycles. The molecule has 0 aliphatic carbocycles. The Morgan fingerprint density at radius 3 is 2.52 bits per heavy atom. The van der Waals surface area contributed by atoms with Crippen LogP contribution in [0.5, 0.6) is 0 Å². The predicted molar refractivity (Wildman–Crippen MR) is 77.2 cm³/mol. The molecule has 0 saturated carbocycles. The van der Waals surface area contributed by atoms with Crippen LogP contribution in [0.1, 0.15) is 29.8 Å². The van der Waals surface area contributed by atoms with Crippen molar-refractivity contribution in [3.63, 3.8) is 0 Å². The maximum absolute atomic E-state index is 12.7. The fraction of sp³-hybridized carbons (Fsp3) is 0.500. The third kappa shape index (κ3) is 5.00. The SMILES string of the molecule is CCOCCN(CC)C(=O)c1cc(C(F)(F)F)ccc1Br. The lowest BCUT2D eigenvalue weighted by Crippen LogP contribution is -2.34. The molecule has 7 heteroatoms. The van der Waals surface area contributed by atoms with E-state index >= 15 is 0 Å². The largest absolute Gasteiger partial charge is 0.416 e. The van der Waals surface area contributed by atoms with Crippen molar-refractivity contribution in [1.82, 2.24) is 4.90 Å². The van der Waals surface area contributed by atoms with Crippen molar-refractivity contribution in [2.45, 2.75) is 20.0 Å². The van der Waals surface area contributed by atoms with Crippen molar-refractivity contribution < 1.29 is 22.7 Å². The summed E-state index contributed by atoms with van der Waals surface area (Å²) in [6.07, 6.45) is -4.47. The minimum absolute atomic E-state index is 0.00294. The second-order valence-corrected chi connectivity index (χ2v) is 5.13. The number of nitrogens with zero attached hydrogens (tertiary/aromatic N) is 1. The number of likely N-dealkylation sites (N-methyl/N-ethyl adjacent to an activating group) is 1. The zero-order chi connectivity index (χ0) is 16.0. The van der Waals surface area contributed by atoms with Crippen LogP contribution in [0.3, 0.4) is 0 Å². The third-order valence-electron chi connectivity index (χ3n) is 2.90. The first-order valence-electron chi connectivity index (χ1n) is 6.55. The van der Waals surface area contributed by atoms with E-state index in [0.717, 1.165) is 12.1 Å². The van der Waals surface area contributed by atoms with E-state index in [0.29, 0.717) is 30.8 Å². The summed E-state index contributed by atoms with van der Waals surface area (Å²) in [7, 11) is 0. The fourth-order valence-corrected chi connectivity index (χ4v) is 2.17. The van der Waals surface area contributed by atoms with E-state index in [1.54, 1.807) is 6.92 Å². The first-order chi connectivity index (χ1) is 9.81. The van der Waals surface area contributed by atoms with Gasteiger partial charge in [-0.3, -0.25) is 4.79 Å². The van der Waals surface area contributed by atoms with Gasteiger partial charge in [-0.15, -0.1) is 0 Å². The summed E-state index contributed by atoms with van der Waals surface area (Å²) in [6.45, 7) is 5.22. The van der Waals surface area contributed by atoms with Crippen LogP contribution in [0.4, 0.5) is 13.2 Å². The highest BCUT2D eigenvalue weighted by atomic mass is 79.9. The minimum Gasteiger partial charge on any atom is -0.380 e. The van der Waals surface area contributed by atoms with Gasteiger partial charge in [0.15, 0.2) is 0 Å². The first-order valence-corrected chi connectivity index (χ1v) is 7.34. The number of carbonyl (C=O) groups excluding carboxylic acids is 1. The van der Waals surface area contributed by atoms with E-state index in [1.807, 2.05) is 6.92 Å². The van der Waals surface area contributed by atoms with Gasteiger partial charge >= 0.3 is 6.18 Å². The number of halogens is 4. The number of hydrogen-bond donors (Lipinski definition) is 0. The maximum Gasteiger partial charge on any atom is 0.416 e. The summed E-state index contributed by atoms with van der Waals surface area (Å²) < 4.78 is 43.7. The van der Waals surface area contributed by atoms with Gasteiger partial charge in [0.2, 0.25) is 0 Å². The van der Waals surface area contributed by atoms with E-state index in [-0.39, 0.29) is 5.56 Å². The number of amides is 1. The molecule has 21 heavy (non-hydrogen) atoms. The lowest BCUT2D eigenvalue weighted by molar-refractivity contribution is -0.137. The Hall–Kier alpha value is -1.08. The Morgan fingerprint density at radius 1 is 1.33 bits per heavy atom. The molecule has 0 atom stereocenters. The summed E-state index contributed by atoms with van der Waals surface area (Å²) in [5, 5.41) is 0. The highest BCUT2D eigenvalue weighted by molar-refractivity contribution is 9.10. The topological polar surface area (TPSA) is 29.5 Å². The van der Waals surface area contributed by atoms with Crippen molar-refractivity contribution in [3.05, 3.63) is 33.8 Å². The Balaban J connectivity index is 2.99. The minimum atomic E-state index is -4.47. The molecule has 1 aromatic carbocycles. The van der Waals surface area contributed by atoms with Gasteiger partial charge in [-0.25, -0.2) is 0 Å². The number of carbonyl (C=O) groups is 1. The van der Waals surface area contributed by atoms with Crippen molar-refractivity contribution >= 4 is 21.8 Å². The fourth-order valence-electron chi connectivity index (χ4n) is 1.76. The number of alkyl halides is 3. The maximum atomic E-state index is 12.7. The molecular formula is C14H17BrF3NO2. The van der Waals surface area contributed by atoms with Gasteiger partial charge in [0.05, 0.1) is 17.7 Å². The molecule has 3 nitrogen and oxygen atoms in total. The molecule has 0 N–H and O–H groups in total. The summed E-state index contributed by atoms with van der Waals surface area (Å²) in [5.41, 5.74) is -0.835. The average molecular weight is 368 g/mol. The van der Waals surface area contributed by atoms with Crippen molar-refractivity contribution in [3.8, 4) is 0 Å². The Kier molecular flexibility index (Phi) is 6.67. The molecule has 1 aromatic rings. The normalized spacial score (nSPS) is 11.5. The van der Waals surface area contributed by atoms with Crippen LogP contribution in [0.2, 0.25) is 0 Å². The van der Waals surface area contributed by atoms with Gasteiger partial charge in [-0.2, -0.15) is 13.2 Å². The van der Waals surface area contributed by atoms with Gasteiger partial charge in [0.25, 0.3) is 5.91 Å². The Morgan fingerprint density at radius 2 is 2.00 bits per heavy atom. The molecule has 0 heterocycles. The molecule has 0 radical (unpaired) electrons. The Labute approximate surface area is 130 Å². The molecule has 0 spiro atoms. The summed E-state index contributed by atoms with van der Waals surface area (Å²) in [4.78, 5) is 13.8. The second kappa shape index (κ2) is 7.79. The highest BCUT2D eigenvalue weighted by Crippen LogP contribution is 2.32. The van der Waals surface area contributed by atoms with Crippen LogP contribution in [0.15, 0.2) is 22.7 Å². The standard InChI is InChI=1S/C14H17BrF3NO2/c1-3-19(7-8-21-4-2)13(20)11-9-10(14(16,17)18)5-6-12(11)15/h5-6,9H,3-4,7-8H2,1-2H3. The summed E-state index contributed by atoms with van der Waals surface area (Å²) >= 11 is 3.13. The molecule has 0 bridgehead atoms. The monoisotopic (exact) mass is 367 g/mol. The molecule has 0 aromatic heterocycles. The lowest BCUT2D eigenvalue weighted by Gasteiger charge is -2.22. The number of ether oxygens (including phenoxy) is 1. The summed E-state index contributed by atoms with van der Waals surface area (Å²) in [5.74, 6) is -0.449. The Bertz CT molecular complexity index is 492. The second-order valence-electron chi connectivity index (χ2n) is 4.27. The predicted octanol–water partition coefficient (Wildman–Crippen LogP) is 3.97. The van der Waals surface area contributed by atoms with Crippen LogP contribution in [0.25, 0.3) is 0 Å². The van der Waals surface area contributed by atoms with E-state index in [2.05, 4.69) is 15.9 Å². The molecule has 0 fully saturated rings. The van der Waals surface area contributed by atoms with Crippen molar-refractivity contribution in [2.75, 3.05) is 26.3 Å². The number of rotatable bonds is 6. The number of hydrogen-bond acceptors (Lipinski definition) is 2. The van der Waals surface area contributed by atoms with Crippen molar-refractivity contribution in [2.24, 2.45) is 0 Å². The van der Waals surface area contributed by atoms with Crippen LogP contribution in [-0.4, -0.2) is 37.1 Å². The van der Waals surface area contributed by atoms with Gasteiger partial charge < -0.3 is 9.64 Å². The van der Waals surface area contributed by atoms with Gasteiger partial charge in [0, 0.05) is 24.2 Å². The van der Waals surface area contributed by atoms with Gasteiger partial charge in [-0.05, 0) is 48.0 Å². The molecule has 118 valence electrons.